The first-order valence-corrected chi connectivity index (χ1v) is 12.1. The molecule has 0 aliphatic heterocycles. The number of unbranched alkanes of at least 4 members (excludes halogenated alkanes) is 3. The number of nitrogens with two attached hydrogens (primary N) is 1. The van der Waals surface area contributed by atoms with Gasteiger partial charge in [0.1, 0.15) is 5.82 Å². The number of benzene rings is 2. The van der Waals surface area contributed by atoms with Crippen molar-refractivity contribution in [1.82, 2.24) is 14.5 Å². The maximum Gasteiger partial charge on any atom is 0.322 e. The molecule has 0 saturated carbocycles. The van der Waals surface area contributed by atoms with Crippen LogP contribution in [0.15, 0.2) is 41.2 Å². The van der Waals surface area contributed by atoms with Gasteiger partial charge < -0.3 is 16.0 Å². The number of aromatic nitrogens is 2. The number of aryl methyl sites for hydroxylation is 2. The molecule has 8 heteroatoms. The van der Waals surface area contributed by atoms with Crippen LogP contribution in [0.3, 0.4) is 0 Å². The van der Waals surface area contributed by atoms with E-state index in [1.807, 2.05) is 39.0 Å². The number of carbonyl (C=O) groups is 1. The van der Waals surface area contributed by atoms with Gasteiger partial charge in [-0.2, -0.15) is 0 Å². The number of nitrogens with one attached hydrogen (secondary N) is 1. The molecule has 0 aliphatic carbocycles. The molecule has 1 heterocycles. The van der Waals surface area contributed by atoms with Crippen LogP contribution in [0.4, 0.5) is 10.5 Å². The Morgan fingerprint density at radius 2 is 1.82 bits per heavy atom. The van der Waals surface area contributed by atoms with E-state index in [0.29, 0.717) is 34.8 Å². The maximum absolute atomic E-state index is 13.5. The lowest BCUT2D eigenvalue weighted by molar-refractivity contribution is 0.187. The van der Waals surface area contributed by atoms with Crippen molar-refractivity contribution in [3.05, 3.63) is 68.7 Å². The van der Waals surface area contributed by atoms with Gasteiger partial charge in [0.15, 0.2) is 0 Å². The largest absolute Gasteiger partial charge is 0.330 e. The Labute approximate surface area is 205 Å². The summed E-state index contributed by atoms with van der Waals surface area (Å²) in [7, 11) is 1.69. The van der Waals surface area contributed by atoms with Crippen molar-refractivity contribution in [3.63, 3.8) is 0 Å². The van der Waals surface area contributed by atoms with Crippen molar-refractivity contribution in [3.8, 4) is 0 Å². The summed E-state index contributed by atoms with van der Waals surface area (Å²) in [4.78, 5) is 33.0. The third-order valence-electron chi connectivity index (χ3n) is 6.24. The van der Waals surface area contributed by atoms with Crippen molar-refractivity contribution in [1.29, 1.82) is 0 Å². The minimum atomic E-state index is -0.431. The molecule has 0 saturated heterocycles. The average Bonchev–Trinajstić information content (AvgIpc) is 2.80. The fourth-order valence-electron chi connectivity index (χ4n) is 4.22. The van der Waals surface area contributed by atoms with E-state index in [4.69, 9.17) is 22.3 Å². The van der Waals surface area contributed by atoms with E-state index in [1.165, 1.54) is 4.57 Å². The number of urea groups is 1. The highest BCUT2D eigenvalue weighted by Crippen LogP contribution is 2.25. The van der Waals surface area contributed by atoms with Crippen LogP contribution in [-0.4, -0.2) is 33.6 Å². The fraction of sp³-hybridized carbons (Fsp3) is 0.423. The number of anilines is 1. The van der Waals surface area contributed by atoms with Gasteiger partial charge in [-0.05, 0) is 69.5 Å². The van der Waals surface area contributed by atoms with Gasteiger partial charge in [0, 0.05) is 24.3 Å². The molecule has 0 spiro atoms. The molecule has 1 atom stereocenters. The predicted octanol–water partition coefficient (Wildman–Crippen LogP) is 5.32. The number of hydrogen-bond donors (Lipinski definition) is 2. The van der Waals surface area contributed by atoms with E-state index in [9.17, 15) is 9.59 Å². The summed E-state index contributed by atoms with van der Waals surface area (Å²) in [6, 6.07) is 10.3. The van der Waals surface area contributed by atoms with Crippen molar-refractivity contribution in [2.24, 2.45) is 12.8 Å². The van der Waals surface area contributed by atoms with E-state index in [1.54, 1.807) is 30.1 Å². The van der Waals surface area contributed by atoms with E-state index in [0.717, 1.165) is 42.5 Å². The Morgan fingerprint density at radius 1 is 1.15 bits per heavy atom. The van der Waals surface area contributed by atoms with Crippen LogP contribution in [-0.2, 0) is 7.05 Å². The Hall–Kier alpha value is -2.90. The van der Waals surface area contributed by atoms with E-state index in [2.05, 4.69) is 5.32 Å². The lowest BCUT2D eigenvalue weighted by atomic mass is 10.1. The number of fused-ring (bicyclic) bond motifs is 1. The third-order valence-corrected chi connectivity index (χ3v) is 6.48. The molecule has 182 valence electrons. The second-order valence-corrected chi connectivity index (χ2v) is 9.20. The normalized spacial score (nSPS) is 12.1. The quantitative estimate of drug-likeness (QED) is 0.403. The van der Waals surface area contributed by atoms with Gasteiger partial charge >= 0.3 is 6.03 Å². The van der Waals surface area contributed by atoms with Gasteiger partial charge in [-0.3, -0.25) is 9.36 Å². The molecule has 0 radical (unpaired) electrons. The van der Waals surface area contributed by atoms with Crippen molar-refractivity contribution in [2.45, 2.75) is 52.5 Å². The SMILES string of the molecule is Cc1cccc(C)c1NC(=O)N(CCCCCCN)C(C)c1nc2cc(Cl)ccc2c(=O)n1C. The van der Waals surface area contributed by atoms with E-state index < -0.39 is 6.04 Å². The maximum atomic E-state index is 13.5. The predicted molar refractivity (Wildman–Crippen MR) is 140 cm³/mol. The lowest BCUT2D eigenvalue weighted by Gasteiger charge is -2.30. The van der Waals surface area contributed by atoms with Crippen LogP contribution in [0.5, 0.6) is 0 Å². The standard InChI is InChI=1S/C26H34ClN5O2/c1-17-10-9-11-18(2)23(17)30-26(34)32(15-8-6-5-7-14-28)19(3)24-29-22-16-20(27)12-13-21(22)25(33)31(24)4/h9-13,16,19H,5-8,14-15,28H2,1-4H3,(H,30,34). The summed E-state index contributed by atoms with van der Waals surface area (Å²) >= 11 is 6.15. The van der Waals surface area contributed by atoms with E-state index >= 15 is 0 Å². The number of amides is 2. The first-order valence-electron chi connectivity index (χ1n) is 11.7. The summed E-state index contributed by atoms with van der Waals surface area (Å²) in [5.74, 6) is 0.512. The molecule has 7 nitrogen and oxygen atoms in total. The smallest absolute Gasteiger partial charge is 0.322 e. The molecular weight excluding hydrogens is 450 g/mol. The van der Waals surface area contributed by atoms with Crippen LogP contribution >= 0.6 is 11.6 Å². The first kappa shape index (κ1) is 25.7. The summed E-state index contributed by atoms with van der Waals surface area (Å²) in [5.41, 5.74) is 8.77. The number of halogens is 1. The monoisotopic (exact) mass is 483 g/mol. The zero-order chi connectivity index (χ0) is 24.8. The molecule has 34 heavy (non-hydrogen) atoms. The highest BCUT2D eigenvalue weighted by Gasteiger charge is 2.26. The van der Waals surface area contributed by atoms with Gasteiger partial charge in [-0.1, -0.05) is 42.6 Å². The molecule has 0 aliphatic rings. The second-order valence-electron chi connectivity index (χ2n) is 8.76. The van der Waals surface area contributed by atoms with Crippen molar-refractivity contribution >= 4 is 34.2 Å². The fourth-order valence-corrected chi connectivity index (χ4v) is 4.38. The zero-order valence-corrected chi connectivity index (χ0v) is 21.2. The highest BCUT2D eigenvalue weighted by atomic mass is 35.5. The molecule has 0 bridgehead atoms. The molecule has 3 aromatic rings. The van der Waals surface area contributed by atoms with Crippen LogP contribution in [0, 0.1) is 13.8 Å². The Bertz CT molecular complexity index is 1200. The third kappa shape index (κ3) is 5.77. The lowest BCUT2D eigenvalue weighted by Crippen LogP contribution is -2.40. The minimum absolute atomic E-state index is 0.165. The summed E-state index contributed by atoms with van der Waals surface area (Å²) < 4.78 is 1.52. The van der Waals surface area contributed by atoms with Gasteiger partial charge in [0.25, 0.3) is 5.56 Å². The molecule has 3 rings (SSSR count). The topological polar surface area (TPSA) is 93.2 Å². The van der Waals surface area contributed by atoms with Gasteiger partial charge in [-0.15, -0.1) is 0 Å². The Balaban J connectivity index is 1.95. The number of hydrogen-bond acceptors (Lipinski definition) is 4. The van der Waals surface area contributed by atoms with Gasteiger partial charge in [0.2, 0.25) is 0 Å². The zero-order valence-electron chi connectivity index (χ0n) is 20.4. The number of nitrogens with zero attached hydrogens (tertiary/aromatic N) is 3. The summed E-state index contributed by atoms with van der Waals surface area (Å²) in [6.45, 7) is 7.05. The Morgan fingerprint density at radius 3 is 2.50 bits per heavy atom. The van der Waals surface area contributed by atoms with Crippen molar-refractivity contribution < 1.29 is 4.79 Å². The van der Waals surface area contributed by atoms with Gasteiger partial charge in [-0.25, -0.2) is 9.78 Å². The molecule has 2 aromatic carbocycles. The average molecular weight is 484 g/mol. The number of para-hydroxylation sites is 1. The number of rotatable bonds is 9. The van der Waals surface area contributed by atoms with Crippen LogP contribution in [0.1, 0.15) is 55.6 Å². The van der Waals surface area contributed by atoms with Gasteiger partial charge in [0.05, 0.1) is 16.9 Å². The second kappa shape index (κ2) is 11.5. The molecule has 3 N–H and O–H groups in total. The van der Waals surface area contributed by atoms with E-state index in [-0.39, 0.29) is 11.6 Å². The molecular formula is C26H34ClN5O2. The highest BCUT2D eigenvalue weighted by molar-refractivity contribution is 6.31. The Kier molecular flexibility index (Phi) is 8.69. The van der Waals surface area contributed by atoms with Crippen molar-refractivity contribution in [2.75, 3.05) is 18.4 Å². The number of carbonyl (C=O) groups excluding carboxylic acids is 1. The van der Waals surface area contributed by atoms with Crippen LogP contribution in [0.2, 0.25) is 5.02 Å². The minimum Gasteiger partial charge on any atom is -0.330 e. The molecule has 0 fully saturated rings. The van der Waals surface area contributed by atoms with Crippen LogP contribution < -0.4 is 16.6 Å². The molecule has 1 aromatic heterocycles. The van der Waals surface area contributed by atoms with Crippen LogP contribution in [0.25, 0.3) is 10.9 Å². The molecule has 2 amide bonds. The molecule has 1 unspecified atom stereocenters. The summed E-state index contributed by atoms with van der Waals surface area (Å²) in [6.07, 6.45) is 3.78. The summed E-state index contributed by atoms with van der Waals surface area (Å²) in [5, 5.41) is 4.10. The first-order chi connectivity index (χ1) is 16.2.